The lowest BCUT2D eigenvalue weighted by Gasteiger charge is -2.26. The van der Waals surface area contributed by atoms with E-state index in [-0.39, 0.29) is 17.0 Å². The van der Waals surface area contributed by atoms with Crippen LogP contribution in [-0.2, 0) is 9.59 Å². The predicted molar refractivity (Wildman–Crippen MR) is 94.5 cm³/mol. The maximum absolute atomic E-state index is 12.7. The fourth-order valence-corrected chi connectivity index (χ4v) is 2.60. The molecule has 28 heavy (non-hydrogen) atoms. The number of hydrogen-bond donors (Lipinski definition) is 1. The molecule has 1 saturated heterocycles. The third kappa shape index (κ3) is 3.26. The molecule has 0 spiro atoms. The van der Waals surface area contributed by atoms with Gasteiger partial charge in [-0.25, -0.2) is 9.69 Å². The number of rotatable bonds is 4. The Balaban J connectivity index is 2.12. The van der Waals surface area contributed by atoms with Crippen LogP contribution in [0.2, 0.25) is 0 Å². The number of amides is 4. The molecule has 3 rings (SSSR count). The summed E-state index contributed by atoms with van der Waals surface area (Å²) in [5, 5.41) is 25.4. The molecule has 1 fully saturated rings. The number of barbiturate groups is 1. The van der Waals surface area contributed by atoms with E-state index in [4.69, 9.17) is 4.74 Å². The standard InChI is InChI=1S/C18H13N3O7/c1-28-14-9-12(21(26)27)7-10(15(14)22)8-13-16(23)19-18(25)20(17(13)24)11-5-3-2-4-6-11/h2-9,22H,1H3,(H,19,23,25)/p-1/b13-8-. The molecule has 1 heterocycles. The largest absolute Gasteiger partial charge is 0.870 e. The summed E-state index contributed by atoms with van der Waals surface area (Å²) in [7, 11) is 1.16. The number of imide groups is 2. The molecule has 0 atom stereocenters. The molecule has 10 heteroatoms. The molecule has 0 bridgehead atoms. The van der Waals surface area contributed by atoms with E-state index in [1.165, 1.54) is 12.1 Å². The van der Waals surface area contributed by atoms with E-state index in [0.717, 1.165) is 30.2 Å². The zero-order valence-corrected chi connectivity index (χ0v) is 14.4. The van der Waals surface area contributed by atoms with E-state index >= 15 is 0 Å². The SMILES string of the molecule is COc1cc([N+](=O)[O-])cc(/C=C2/C(=O)NC(=O)N(c3ccccc3)C2=O)c1[O-]. The van der Waals surface area contributed by atoms with E-state index in [1.807, 2.05) is 5.32 Å². The van der Waals surface area contributed by atoms with Crippen LogP contribution in [0.5, 0.6) is 11.5 Å². The van der Waals surface area contributed by atoms with Gasteiger partial charge in [0.15, 0.2) is 0 Å². The third-order valence-electron chi connectivity index (χ3n) is 3.91. The highest BCUT2D eigenvalue weighted by atomic mass is 16.6. The van der Waals surface area contributed by atoms with Gasteiger partial charge in [-0.05, 0) is 23.8 Å². The zero-order valence-electron chi connectivity index (χ0n) is 14.4. The molecule has 4 amide bonds. The van der Waals surface area contributed by atoms with E-state index in [9.17, 15) is 29.6 Å². The number of carbonyl (C=O) groups is 3. The van der Waals surface area contributed by atoms with Gasteiger partial charge in [0.05, 0.1) is 23.8 Å². The first kappa shape index (κ1) is 18.6. The first-order valence-corrected chi connectivity index (χ1v) is 7.83. The summed E-state index contributed by atoms with van der Waals surface area (Å²) < 4.78 is 4.83. The number of non-ortho nitro benzene ring substituents is 1. The van der Waals surface area contributed by atoms with Gasteiger partial charge in [0.2, 0.25) is 0 Å². The van der Waals surface area contributed by atoms with Gasteiger partial charge >= 0.3 is 6.03 Å². The molecule has 0 radical (unpaired) electrons. The van der Waals surface area contributed by atoms with Crippen molar-refractivity contribution in [2.45, 2.75) is 0 Å². The average molecular weight is 382 g/mol. The van der Waals surface area contributed by atoms with Crippen LogP contribution in [-0.4, -0.2) is 29.9 Å². The van der Waals surface area contributed by atoms with E-state index < -0.39 is 39.8 Å². The number of para-hydroxylation sites is 1. The Labute approximate surface area is 157 Å². The van der Waals surface area contributed by atoms with Crippen LogP contribution in [0.15, 0.2) is 48.0 Å². The number of carbonyl (C=O) groups excluding carboxylic acids is 3. The third-order valence-corrected chi connectivity index (χ3v) is 3.91. The van der Waals surface area contributed by atoms with Crippen molar-refractivity contribution in [2.75, 3.05) is 12.0 Å². The Morgan fingerprint density at radius 3 is 2.43 bits per heavy atom. The molecular weight excluding hydrogens is 370 g/mol. The number of methoxy groups -OCH3 is 1. The number of nitro groups is 1. The molecule has 2 aromatic rings. The normalized spacial score (nSPS) is 15.5. The molecule has 0 saturated carbocycles. The molecule has 0 aromatic heterocycles. The maximum Gasteiger partial charge on any atom is 0.335 e. The molecule has 1 aliphatic rings. The second-order valence-corrected chi connectivity index (χ2v) is 5.62. The summed E-state index contributed by atoms with van der Waals surface area (Å²) in [5.41, 5.74) is -1.07. The summed E-state index contributed by atoms with van der Waals surface area (Å²) >= 11 is 0. The van der Waals surface area contributed by atoms with Crippen molar-refractivity contribution in [1.82, 2.24) is 5.32 Å². The minimum Gasteiger partial charge on any atom is -0.870 e. The Morgan fingerprint density at radius 2 is 1.82 bits per heavy atom. The van der Waals surface area contributed by atoms with Crippen LogP contribution in [0.1, 0.15) is 5.56 Å². The molecular formula is C18H12N3O7-. The number of nitrogens with one attached hydrogen (secondary N) is 1. The van der Waals surface area contributed by atoms with Crippen LogP contribution in [0.4, 0.5) is 16.2 Å². The smallest absolute Gasteiger partial charge is 0.335 e. The fraction of sp³-hybridized carbons (Fsp3) is 0.0556. The fourth-order valence-electron chi connectivity index (χ4n) is 2.60. The maximum atomic E-state index is 12.7. The Morgan fingerprint density at radius 1 is 1.14 bits per heavy atom. The lowest BCUT2D eigenvalue weighted by molar-refractivity contribution is -0.385. The first-order valence-electron chi connectivity index (χ1n) is 7.83. The molecule has 0 unspecified atom stereocenters. The lowest BCUT2D eigenvalue weighted by Crippen LogP contribution is -2.54. The van der Waals surface area contributed by atoms with E-state index in [2.05, 4.69) is 0 Å². The van der Waals surface area contributed by atoms with Gasteiger partial charge in [-0.3, -0.25) is 25.0 Å². The van der Waals surface area contributed by atoms with Gasteiger partial charge in [-0.1, -0.05) is 23.9 Å². The molecule has 1 N–H and O–H groups in total. The number of nitro benzene ring substituents is 1. The van der Waals surface area contributed by atoms with Gasteiger partial charge < -0.3 is 9.84 Å². The minimum absolute atomic E-state index is 0.211. The highest BCUT2D eigenvalue weighted by Gasteiger charge is 2.36. The van der Waals surface area contributed by atoms with Gasteiger partial charge in [-0.15, -0.1) is 0 Å². The molecule has 10 nitrogen and oxygen atoms in total. The second kappa shape index (κ2) is 7.19. The Bertz CT molecular complexity index is 1030. The van der Waals surface area contributed by atoms with Crippen molar-refractivity contribution >= 4 is 35.3 Å². The molecule has 1 aliphatic heterocycles. The Hall–Kier alpha value is -4.21. The molecule has 142 valence electrons. The van der Waals surface area contributed by atoms with Gasteiger partial charge in [0, 0.05) is 6.07 Å². The van der Waals surface area contributed by atoms with Crippen LogP contribution in [0.25, 0.3) is 6.08 Å². The van der Waals surface area contributed by atoms with E-state index in [1.54, 1.807) is 18.2 Å². The number of urea groups is 1. The van der Waals surface area contributed by atoms with Crippen molar-refractivity contribution in [3.63, 3.8) is 0 Å². The van der Waals surface area contributed by atoms with Gasteiger partial charge in [-0.2, -0.15) is 0 Å². The number of hydrogen-bond acceptors (Lipinski definition) is 7. The summed E-state index contributed by atoms with van der Waals surface area (Å²) in [6.45, 7) is 0. The first-order chi connectivity index (χ1) is 13.3. The van der Waals surface area contributed by atoms with Gasteiger partial charge in [0.1, 0.15) is 11.3 Å². The predicted octanol–water partition coefficient (Wildman–Crippen LogP) is 1.34. The monoisotopic (exact) mass is 382 g/mol. The minimum atomic E-state index is -1.02. The lowest BCUT2D eigenvalue weighted by atomic mass is 10.0. The number of nitrogens with zero attached hydrogens (tertiary/aromatic N) is 2. The Kier molecular flexibility index (Phi) is 4.77. The average Bonchev–Trinajstić information content (AvgIpc) is 2.66. The van der Waals surface area contributed by atoms with Crippen molar-refractivity contribution < 1.29 is 29.2 Å². The van der Waals surface area contributed by atoms with Crippen LogP contribution >= 0.6 is 0 Å². The highest BCUT2D eigenvalue weighted by Crippen LogP contribution is 2.34. The molecule has 2 aromatic carbocycles. The van der Waals surface area contributed by atoms with E-state index in [0.29, 0.717) is 0 Å². The quantitative estimate of drug-likeness (QED) is 0.364. The van der Waals surface area contributed by atoms with Crippen LogP contribution in [0, 0.1) is 10.1 Å². The number of anilines is 1. The molecule has 0 aliphatic carbocycles. The van der Waals surface area contributed by atoms with Gasteiger partial charge in [0.25, 0.3) is 17.5 Å². The topological polar surface area (TPSA) is 142 Å². The summed E-state index contributed by atoms with van der Waals surface area (Å²) in [6.07, 6.45) is 0.901. The van der Waals surface area contributed by atoms with Crippen LogP contribution in [0.3, 0.4) is 0 Å². The number of benzene rings is 2. The second-order valence-electron chi connectivity index (χ2n) is 5.62. The number of ether oxygens (including phenoxy) is 1. The zero-order chi connectivity index (χ0) is 20.4. The summed E-state index contributed by atoms with van der Waals surface area (Å²) in [5.74, 6) is -3.05. The van der Waals surface area contributed by atoms with Crippen molar-refractivity contribution in [2.24, 2.45) is 0 Å². The summed E-state index contributed by atoms with van der Waals surface area (Å²) in [6, 6.07) is 8.75. The van der Waals surface area contributed by atoms with Crippen molar-refractivity contribution in [3.8, 4) is 11.5 Å². The van der Waals surface area contributed by atoms with Crippen molar-refractivity contribution in [1.29, 1.82) is 0 Å². The summed E-state index contributed by atoms with van der Waals surface area (Å²) in [4.78, 5) is 48.1. The van der Waals surface area contributed by atoms with Crippen LogP contribution < -0.4 is 20.1 Å². The highest BCUT2D eigenvalue weighted by molar-refractivity contribution is 6.39. The van der Waals surface area contributed by atoms with Crippen molar-refractivity contribution in [3.05, 3.63) is 63.7 Å².